The Kier molecular flexibility index (Phi) is 7.91. The standard InChI is InChI=1S/C19H27F3N2O3/c1-13(14-4-3-7-23-10-14)8-18(26)24-11-16(25)12-27-17-6-2-5-15(9-17)19(20,21)22/h2,5-6,9,13-14,16,23,25H,3-4,7-8,10-12H2,1H3,(H,24,26). The maximum absolute atomic E-state index is 12.7. The summed E-state index contributed by atoms with van der Waals surface area (Å²) in [4.78, 5) is 12.0. The Morgan fingerprint density at radius 3 is 2.89 bits per heavy atom. The lowest BCUT2D eigenvalue weighted by atomic mass is 9.85. The summed E-state index contributed by atoms with van der Waals surface area (Å²) in [5.41, 5.74) is -0.811. The molecule has 5 nitrogen and oxygen atoms in total. The Bertz CT molecular complexity index is 604. The Labute approximate surface area is 157 Å². The van der Waals surface area contributed by atoms with Crippen LogP contribution in [-0.2, 0) is 11.0 Å². The van der Waals surface area contributed by atoms with E-state index in [-0.39, 0.29) is 30.7 Å². The molecule has 0 spiro atoms. The van der Waals surface area contributed by atoms with Crippen LogP contribution < -0.4 is 15.4 Å². The minimum absolute atomic E-state index is 0.00652. The molecule has 1 aliphatic heterocycles. The monoisotopic (exact) mass is 388 g/mol. The lowest BCUT2D eigenvalue weighted by Crippen LogP contribution is -2.38. The van der Waals surface area contributed by atoms with E-state index in [1.165, 1.54) is 12.1 Å². The Morgan fingerprint density at radius 2 is 2.22 bits per heavy atom. The van der Waals surface area contributed by atoms with Crippen LogP contribution in [0.4, 0.5) is 13.2 Å². The van der Waals surface area contributed by atoms with Crippen molar-refractivity contribution in [3.05, 3.63) is 29.8 Å². The maximum atomic E-state index is 12.7. The Morgan fingerprint density at radius 1 is 1.44 bits per heavy atom. The predicted molar refractivity (Wildman–Crippen MR) is 95.3 cm³/mol. The maximum Gasteiger partial charge on any atom is 0.416 e. The first-order valence-electron chi connectivity index (χ1n) is 9.21. The SMILES string of the molecule is CC(CC(=O)NCC(O)COc1cccc(C(F)(F)F)c1)C1CCCNC1. The number of benzene rings is 1. The number of nitrogens with one attached hydrogen (secondary N) is 2. The first-order chi connectivity index (χ1) is 12.8. The summed E-state index contributed by atoms with van der Waals surface area (Å²) < 4.78 is 43.2. The van der Waals surface area contributed by atoms with Gasteiger partial charge >= 0.3 is 6.18 Å². The highest BCUT2D eigenvalue weighted by molar-refractivity contribution is 5.76. The van der Waals surface area contributed by atoms with Crippen LogP contribution in [0.15, 0.2) is 24.3 Å². The first-order valence-corrected chi connectivity index (χ1v) is 9.21. The second-order valence-corrected chi connectivity index (χ2v) is 7.08. The summed E-state index contributed by atoms with van der Waals surface area (Å²) in [5.74, 6) is 0.592. The van der Waals surface area contributed by atoms with E-state index in [2.05, 4.69) is 10.6 Å². The fourth-order valence-electron chi connectivity index (χ4n) is 3.14. The van der Waals surface area contributed by atoms with E-state index in [4.69, 9.17) is 4.74 Å². The number of aliphatic hydroxyl groups excluding tert-OH is 1. The number of carbonyl (C=O) groups excluding carboxylic acids is 1. The van der Waals surface area contributed by atoms with Crippen molar-refractivity contribution in [2.75, 3.05) is 26.2 Å². The molecule has 1 amide bonds. The highest BCUT2D eigenvalue weighted by atomic mass is 19.4. The van der Waals surface area contributed by atoms with E-state index < -0.39 is 17.8 Å². The Balaban J connectivity index is 1.69. The van der Waals surface area contributed by atoms with Crippen molar-refractivity contribution >= 4 is 5.91 Å². The summed E-state index contributed by atoms with van der Waals surface area (Å²) in [6, 6.07) is 4.46. The first kappa shape index (κ1) is 21.5. The van der Waals surface area contributed by atoms with Crippen molar-refractivity contribution in [3.63, 3.8) is 0 Å². The zero-order valence-electron chi connectivity index (χ0n) is 15.4. The third-order valence-electron chi connectivity index (χ3n) is 4.79. The molecule has 0 aliphatic carbocycles. The van der Waals surface area contributed by atoms with Crippen molar-refractivity contribution in [2.24, 2.45) is 11.8 Å². The van der Waals surface area contributed by atoms with Crippen molar-refractivity contribution in [1.29, 1.82) is 0 Å². The molecule has 152 valence electrons. The molecule has 0 radical (unpaired) electrons. The van der Waals surface area contributed by atoms with Gasteiger partial charge in [-0.2, -0.15) is 13.2 Å². The number of hydrogen-bond donors (Lipinski definition) is 3. The van der Waals surface area contributed by atoms with Gasteiger partial charge in [-0.1, -0.05) is 13.0 Å². The van der Waals surface area contributed by atoms with Crippen LogP contribution in [0.1, 0.15) is 31.7 Å². The van der Waals surface area contributed by atoms with Crippen LogP contribution in [0.5, 0.6) is 5.75 Å². The van der Waals surface area contributed by atoms with Gasteiger partial charge in [0.25, 0.3) is 0 Å². The number of alkyl halides is 3. The van der Waals surface area contributed by atoms with E-state index in [1.54, 1.807) is 0 Å². The minimum Gasteiger partial charge on any atom is -0.491 e. The summed E-state index contributed by atoms with van der Waals surface area (Å²) >= 11 is 0. The van der Waals surface area contributed by atoms with Crippen LogP contribution >= 0.6 is 0 Å². The van der Waals surface area contributed by atoms with Crippen molar-refractivity contribution in [2.45, 2.75) is 38.5 Å². The normalized spacial score (nSPS) is 20.0. The molecular weight excluding hydrogens is 361 g/mol. The van der Waals surface area contributed by atoms with Crippen molar-refractivity contribution in [3.8, 4) is 5.75 Å². The van der Waals surface area contributed by atoms with Gasteiger partial charge < -0.3 is 20.5 Å². The molecule has 1 aromatic carbocycles. The van der Waals surface area contributed by atoms with Gasteiger partial charge in [-0.15, -0.1) is 0 Å². The number of ether oxygens (including phenoxy) is 1. The lowest BCUT2D eigenvalue weighted by Gasteiger charge is -2.28. The van der Waals surface area contributed by atoms with Gasteiger partial charge in [0, 0.05) is 13.0 Å². The van der Waals surface area contributed by atoms with Crippen LogP contribution in [0.3, 0.4) is 0 Å². The molecule has 8 heteroatoms. The third kappa shape index (κ3) is 7.38. The minimum atomic E-state index is -4.45. The van der Waals surface area contributed by atoms with E-state index in [0.717, 1.165) is 38.1 Å². The number of carbonyl (C=O) groups is 1. The molecule has 1 saturated heterocycles. The van der Waals surface area contributed by atoms with Gasteiger partial charge in [0.1, 0.15) is 18.5 Å². The molecular formula is C19H27F3N2O3. The van der Waals surface area contributed by atoms with Crippen molar-refractivity contribution < 1.29 is 27.8 Å². The lowest BCUT2D eigenvalue weighted by molar-refractivity contribution is -0.137. The third-order valence-corrected chi connectivity index (χ3v) is 4.79. The highest BCUT2D eigenvalue weighted by Crippen LogP contribution is 2.31. The number of piperidine rings is 1. The molecule has 1 fully saturated rings. The number of rotatable bonds is 8. The molecule has 0 bridgehead atoms. The van der Waals surface area contributed by atoms with E-state index in [0.29, 0.717) is 12.3 Å². The zero-order valence-corrected chi connectivity index (χ0v) is 15.4. The molecule has 3 N–H and O–H groups in total. The second-order valence-electron chi connectivity index (χ2n) is 7.08. The molecule has 0 saturated carbocycles. The molecule has 27 heavy (non-hydrogen) atoms. The fraction of sp³-hybridized carbons (Fsp3) is 0.632. The summed E-state index contributed by atoms with van der Waals surface area (Å²) in [7, 11) is 0. The number of amides is 1. The summed E-state index contributed by atoms with van der Waals surface area (Å²) in [6.45, 7) is 3.77. The van der Waals surface area contributed by atoms with Gasteiger partial charge in [0.2, 0.25) is 5.91 Å². The fourth-order valence-corrected chi connectivity index (χ4v) is 3.14. The zero-order chi connectivity index (χ0) is 19.9. The average molecular weight is 388 g/mol. The Hall–Kier alpha value is -1.80. The topological polar surface area (TPSA) is 70.6 Å². The second kappa shape index (κ2) is 9.94. The molecule has 3 unspecified atom stereocenters. The smallest absolute Gasteiger partial charge is 0.416 e. The highest BCUT2D eigenvalue weighted by Gasteiger charge is 2.30. The van der Waals surface area contributed by atoms with E-state index >= 15 is 0 Å². The van der Waals surface area contributed by atoms with Crippen LogP contribution in [0, 0.1) is 11.8 Å². The summed E-state index contributed by atoms with van der Waals surface area (Å²) in [5, 5.41) is 15.9. The number of hydrogen-bond acceptors (Lipinski definition) is 4. The molecule has 1 heterocycles. The van der Waals surface area contributed by atoms with E-state index in [1.807, 2.05) is 6.92 Å². The van der Waals surface area contributed by atoms with Gasteiger partial charge in [-0.05, 0) is 56.0 Å². The number of aliphatic hydroxyl groups is 1. The molecule has 1 aliphatic rings. The van der Waals surface area contributed by atoms with E-state index in [9.17, 15) is 23.1 Å². The average Bonchev–Trinajstić information content (AvgIpc) is 2.65. The van der Waals surface area contributed by atoms with Gasteiger partial charge in [-0.25, -0.2) is 0 Å². The largest absolute Gasteiger partial charge is 0.491 e. The van der Waals surface area contributed by atoms with Gasteiger partial charge in [0.15, 0.2) is 0 Å². The quantitative estimate of drug-likeness (QED) is 0.640. The van der Waals surface area contributed by atoms with Crippen LogP contribution in [0.25, 0.3) is 0 Å². The predicted octanol–water partition coefficient (Wildman–Crippen LogP) is 2.59. The molecule has 2 rings (SSSR count). The van der Waals surface area contributed by atoms with Crippen LogP contribution in [0.2, 0.25) is 0 Å². The van der Waals surface area contributed by atoms with Gasteiger partial charge in [-0.3, -0.25) is 4.79 Å². The van der Waals surface area contributed by atoms with Gasteiger partial charge in [0.05, 0.1) is 5.56 Å². The van der Waals surface area contributed by atoms with Crippen LogP contribution in [-0.4, -0.2) is 43.4 Å². The number of halogens is 3. The summed E-state index contributed by atoms with van der Waals surface area (Å²) in [6.07, 6.45) is -2.85. The molecule has 0 aromatic heterocycles. The van der Waals surface area contributed by atoms with Crippen molar-refractivity contribution in [1.82, 2.24) is 10.6 Å². The molecule has 1 aromatic rings. The molecule has 3 atom stereocenters.